The summed E-state index contributed by atoms with van der Waals surface area (Å²) in [6.45, 7) is 5.48. The number of ether oxygens (including phenoxy) is 1. The zero-order valence-corrected chi connectivity index (χ0v) is 12.7. The van der Waals surface area contributed by atoms with Gasteiger partial charge in [0.2, 0.25) is 0 Å². The Bertz CT molecular complexity index is 725. The zero-order chi connectivity index (χ0) is 16.1. The van der Waals surface area contributed by atoms with Gasteiger partial charge in [0.05, 0.1) is 12.7 Å². The van der Waals surface area contributed by atoms with Crippen molar-refractivity contribution < 1.29 is 14.6 Å². The highest BCUT2D eigenvalue weighted by Gasteiger charge is 2.14. The van der Waals surface area contributed by atoms with Crippen molar-refractivity contribution >= 4 is 17.9 Å². The van der Waals surface area contributed by atoms with Crippen LogP contribution in [0.5, 0.6) is 11.5 Å². The minimum atomic E-state index is -0.346. The monoisotopic (exact) mass is 294 g/mol. The molecule has 0 aromatic heterocycles. The second kappa shape index (κ2) is 6.76. The maximum atomic E-state index is 11.8. The van der Waals surface area contributed by atoms with Gasteiger partial charge >= 0.3 is 0 Å². The fraction of sp³-hybridized carbons (Fsp3) is 0.105. The Morgan fingerprint density at radius 1 is 1.14 bits per heavy atom. The van der Waals surface area contributed by atoms with E-state index >= 15 is 0 Å². The number of ketones is 1. The number of aromatic hydroxyl groups is 1. The molecule has 0 aliphatic carbocycles. The van der Waals surface area contributed by atoms with Crippen LogP contribution in [0.3, 0.4) is 0 Å². The normalized spacial score (nSPS) is 10.6. The molecule has 0 aliphatic rings. The van der Waals surface area contributed by atoms with Crippen molar-refractivity contribution in [1.29, 1.82) is 0 Å². The van der Waals surface area contributed by atoms with Gasteiger partial charge in [0.15, 0.2) is 17.3 Å². The first kappa shape index (κ1) is 15.6. The third kappa shape index (κ3) is 3.44. The van der Waals surface area contributed by atoms with Crippen LogP contribution in [0.25, 0.3) is 12.2 Å². The number of hydrogen-bond donors (Lipinski definition) is 1. The van der Waals surface area contributed by atoms with Crippen LogP contribution in [0, 0.1) is 6.92 Å². The van der Waals surface area contributed by atoms with Gasteiger partial charge in [0.25, 0.3) is 0 Å². The molecular weight excluding hydrogens is 276 g/mol. The van der Waals surface area contributed by atoms with Crippen LogP contribution >= 0.6 is 0 Å². The maximum absolute atomic E-state index is 11.8. The molecule has 0 atom stereocenters. The molecule has 0 radical (unpaired) electrons. The highest BCUT2D eigenvalue weighted by Crippen LogP contribution is 2.32. The summed E-state index contributed by atoms with van der Waals surface area (Å²) in [5, 5.41) is 10.0. The van der Waals surface area contributed by atoms with E-state index in [-0.39, 0.29) is 22.8 Å². The minimum absolute atomic E-state index is 0.167. The van der Waals surface area contributed by atoms with E-state index in [0.29, 0.717) is 0 Å². The fourth-order valence-electron chi connectivity index (χ4n) is 2.05. The Hall–Kier alpha value is -2.81. The molecule has 2 rings (SSSR count). The lowest BCUT2D eigenvalue weighted by molar-refractivity contribution is 0.104. The first-order valence-electron chi connectivity index (χ1n) is 6.87. The first-order valence-corrected chi connectivity index (χ1v) is 6.87. The van der Waals surface area contributed by atoms with E-state index in [2.05, 4.69) is 6.58 Å². The van der Waals surface area contributed by atoms with Gasteiger partial charge in [0.1, 0.15) is 0 Å². The molecular formula is C19H18O3. The zero-order valence-electron chi connectivity index (χ0n) is 12.7. The third-order valence-corrected chi connectivity index (χ3v) is 3.31. The van der Waals surface area contributed by atoms with Gasteiger partial charge in [0, 0.05) is 0 Å². The maximum Gasteiger partial charge on any atom is 0.189 e. The van der Waals surface area contributed by atoms with Crippen molar-refractivity contribution in [1.82, 2.24) is 0 Å². The number of allylic oxidation sites excluding steroid dienone is 1. The lowest BCUT2D eigenvalue weighted by Crippen LogP contribution is -1.97. The smallest absolute Gasteiger partial charge is 0.189 e. The fourth-order valence-corrected chi connectivity index (χ4v) is 2.05. The van der Waals surface area contributed by atoms with Crippen molar-refractivity contribution in [3.05, 3.63) is 71.3 Å². The molecule has 0 bridgehead atoms. The van der Waals surface area contributed by atoms with E-state index in [1.165, 1.54) is 18.7 Å². The molecule has 0 amide bonds. The van der Waals surface area contributed by atoms with E-state index in [1.54, 1.807) is 12.1 Å². The number of phenolic OH excluding ortho intramolecular Hbond substituents is 1. The molecule has 2 aromatic rings. The van der Waals surface area contributed by atoms with Crippen molar-refractivity contribution in [2.45, 2.75) is 6.92 Å². The molecule has 112 valence electrons. The van der Waals surface area contributed by atoms with Crippen LogP contribution in [0.1, 0.15) is 27.0 Å². The van der Waals surface area contributed by atoms with Crippen LogP contribution in [0.2, 0.25) is 0 Å². The largest absolute Gasteiger partial charge is 0.504 e. The van der Waals surface area contributed by atoms with Gasteiger partial charge < -0.3 is 9.84 Å². The van der Waals surface area contributed by atoms with E-state index in [1.807, 2.05) is 43.3 Å². The number of hydrogen-bond acceptors (Lipinski definition) is 3. The molecule has 0 unspecified atom stereocenters. The number of carbonyl (C=O) groups is 1. The van der Waals surface area contributed by atoms with Gasteiger partial charge in [-0.2, -0.15) is 0 Å². The molecule has 0 heterocycles. The summed E-state index contributed by atoms with van der Waals surface area (Å²) in [4.78, 5) is 11.8. The van der Waals surface area contributed by atoms with Crippen molar-refractivity contribution in [3.8, 4) is 11.5 Å². The quantitative estimate of drug-likeness (QED) is 0.509. The molecule has 0 aliphatic heterocycles. The number of carbonyl (C=O) groups excluding carboxylic acids is 1. The highest BCUT2D eigenvalue weighted by atomic mass is 16.5. The van der Waals surface area contributed by atoms with Crippen LogP contribution in [0.15, 0.2) is 49.1 Å². The van der Waals surface area contributed by atoms with Crippen LogP contribution in [-0.2, 0) is 0 Å². The molecule has 0 spiro atoms. The predicted molar refractivity (Wildman–Crippen MR) is 89.3 cm³/mol. The second-order valence-electron chi connectivity index (χ2n) is 4.93. The van der Waals surface area contributed by atoms with Crippen LogP contribution in [-0.4, -0.2) is 18.0 Å². The molecule has 0 saturated carbocycles. The number of benzene rings is 2. The minimum Gasteiger partial charge on any atom is -0.504 e. The van der Waals surface area contributed by atoms with E-state index < -0.39 is 0 Å². The molecule has 3 heteroatoms. The van der Waals surface area contributed by atoms with Crippen molar-refractivity contribution in [2.75, 3.05) is 7.11 Å². The average Bonchev–Trinajstić information content (AvgIpc) is 2.54. The van der Waals surface area contributed by atoms with E-state index in [9.17, 15) is 9.90 Å². The Morgan fingerprint density at radius 2 is 1.77 bits per heavy atom. The van der Waals surface area contributed by atoms with Gasteiger partial charge in [-0.1, -0.05) is 48.6 Å². The molecule has 0 saturated heterocycles. The van der Waals surface area contributed by atoms with Crippen molar-refractivity contribution in [2.24, 2.45) is 0 Å². The summed E-state index contributed by atoms with van der Waals surface area (Å²) in [6, 6.07) is 11.4. The Kier molecular flexibility index (Phi) is 4.79. The SMILES string of the molecule is C=CC(=O)c1cc(/C=C/c2ccc(C)cc2)cc(OC)c1O. The Balaban J connectivity index is 2.40. The number of methoxy groups -OCH3 is 1. The average molecular weight is 294 g/mol. The van der Waals surface area contributed by atoms with Crippen LogP contribution < -0.4 is 4.74 Å². The molecule has 3 nitrogen and oxygen atoms in total. The van der Waals surface area contributed by atoms with E-state index in [0.717, 1.165) is 11.1 Å². The topological polar surface area (TPSA) is 46.5 Å². The summed E-state index contributed by atoms with van der Waals surface area (Å²) in [7, 11) is 1.45. The predicted octanol–water partition coefficient (Wildman–Crippen LogP) is 4.25. The summed E-state index contributed by atoms with van der Waals surface area (Å²) >= 11 is 0. The Labute approximate surface area is 130 Å². The van der Waals surface area contributed by atoms with Crippen molar-refractivity contribution in [3.63, 3.8) is 0 Å². The third-order valence-electron chi connectivity index (χ3n) is 3.31. The van der Waals surface area contributed by atoms with Crippen LogP contribution in [0.4, 0.5) is 0 Å². The van der Waals surface area contributed by atoms with E-state index in [4.69, 9.17) is 4.74 Å². The summed E-state index contributed by atoms with van der Waals surface area (Å²) in [5.41, 5.74) is 3.19. The number of rotatable bonds is 5. The number of phenols is 1. The summed E-state index contributed by atoms with van der Waals surface area (Å²) in [5.74, 6) is -0.252. The number of aryl methyl sites for hydroxylation is 1. The van der Waals surface area contributed by atoms with Gasteiger partial charge in [-0.05, 0) is 36.3 Å². The highest BCUT2D eigenvalue weighted by molar-refractivity contribution is 6.07. The lowest BCUT2D eigenvalue weighted by atomic mass is 10.0. The first-order chi connectivity index (χ1) is 10.5. The molecule has 1 N–H and O–H groups in total. The summed E-state index contributed by atoms with van der Waals surface area (Å²) < 4.78 is 5.12. The molecule has 0 fully saturated rings. The van der Waals surface area contributed by atoms with Gasteiger partial charge in [-0.15, -0.1) is 0 Å². The lowest BCUT2D eigenvalue weighted by Gasteiger charge is -2.08. The van der Waals surface area contributed by atoms with Gasteiger partial charge in [-0.3, -0.25) is 4.79 Å². The molecule has 2 aromatic carbocycles. The Morgan fingerprint density at radius 3 is 2.36 bits per heavy atom. The standard InChI is InChI=1S/C19H18O3/c1-4-17(20)16-11-15(12-18(22-3)19(16)21)10-9-14-7-5-13(2)6-8-14/h4-12,21H,1H2,2-3H3/b10-9+. The van der Waals surface area contributed by atoms with Gasteiger partial charge in [-0.25, -0.2) is 0 Å². The summed E-state index contributed by atoms with van der Waals surface area (Å²) in [6.07, 6.45) is 4.97. The second-order valence-corrected chi connectivity index (χ2v) is 4.93. The molecule has 22 heavy (non-hydrogen) atoms.